The maximum atomic E-state index is 12.7. The molecule has 0 spiro atoms. The summed E-state index contributed by atoms with van der Waals surface area (Å²) in [5.74, 6) is 0.777. The first-order chi connectivity index (χ1) is 13.1. The number of benzene rings is 2. The molecule has 0 saturated heterocycles. The molecule has 0 bridgehead atoms. The summed E-state index contributed by atoms with van der Waals surface area (Å²) in [5.41, 5.74) is 0.895. The normalized spacial score (nSPS) is 11.4. The summed E-state index contributed by atoms with van der Waals surface area (Å²) in [4.78, 5) is 25.0. The molecule has 2 aromatic carbocycles. The van der Waals surface area contributed by atoms with Gasteiger partial charge in [-0.15, -0.1) is 0 Å². The maximum absolute atomic E-state index is 12.7. The monoisotopic (exact) mass is 370 g/mol. The van der Waals surface area contributed by atoms with Gasteiger partial charge in [0.1, 0.15) is 11.5 Å². The van der Waals surface area contributed by atoms with Crippen molar-refractivity contribution in [2.75, 3.05) is 19.0 Å². The molecule has 0 heterocycles. The molecule has 6 heteroatoms. The quantitative estimate of drug-likeness (QED) is 0.707. The van der Waals surface area contributed by atoms with E-state index < -0.39 is 6.10 Å². The molecule has 0 saturated carbocycles. The first kappa shape index (κ1) is 20.3. The lowest BCUT2D eigenvalue weighted by molar-refractivity contribution is -0.122. The lowest BCUT2D eigenvalue weighted by Gasteiger charge is -2.18. The summed E-state index contributed by atoms with van der Waals surface area (Å²) in [6.07, 6.45) is 0.654. The van der Waals surface area contributed by atoms with Crippen molar-refractivity contribution in [2.45, 2.75) is 32.8 Å². The Bertz CT molecular complexity index is 759. The SMILES string of the molecule is CCCNC(=O)c1ccccc1NC(=O)[C@H](CC)Oc1ccc(OC)cc1. The molecule has 0 aliphatic heterocycles. The summed E-state index contributed by atoms with van der Waals surface area (Å²) in [7, 11) is 1.59. The number of amides is 2. The molecule has 0 radical (unpaired) electrons. The molecule has 0 aliphatic carbocycles. The van der Waals surface area contributed by atoms with Crippen molar-refractivity contribution in [2.24, 2.45) is 0 Å². The average Bonchev–Trinajstić information content (AvgIpc) is 2.70. The van der Waals surface area contributed by atoms with E-state index in [-0.39, 0.29) is 11.8 Å². The summed E-state index contributed by atoms with van der Waals surface area (Å²) in [5, 5.41) is 5.63. The summed E-state index contributed by atoms with van der Waals surface area (Å²) in [6.45, 7) is 4.43. The van der Waals surface area contributed by atoms with E-state index in [4.69, 9.17) is 9.47 Å². The highest BCUT2D eigenvalue weighted by Gasteiger charge is 2.21. The molecule has 2 N–H and O–H groups in total. The van der Waals surface area contributed by atoms with Crippen molar-refractivity contribution in [3.63, 3.8) is 0 Å². The molecule has 1 atom stereocenters. The van der Waals surface area contributed by atoms with E-state index in [1.54, 1.807) is 55.6 Å². The van der Waals surface area contributed by atoms with Gasteiger partial charge in [0.25, 0.3) is 11.8 Å². The van der Waals surface area contributed by atoms with Crippen LogP contribution in [-0.4, -0.2) is 31.6 Å². The van der Waals surface area contributed by atoms with Gasteiger partial charge in [-0.2, -0.15) is 0 Å². The number of hydrogen-bond acceptors (Lipinski definition) is 4. The Morgan fingerprint density at radius 3 is 2.30 bits per heavy atom. The topological polar surface area (TPSA) is 76.7 Å². The second-order valence-electron chi connectivity index (χ2n) is 5.98. The van der Waals surface area contributed by atoms with Crippen LogP contribution in [0.4, 0.5) is 5.69 Å². The molecular formula is C21H26N2O4. The van der Waals surface area contributed by atoms with Gasteiger partial charge in [0.05, 0.1) is 18.4 Å². The van der Waals surface area contributed by atoms with Gasteiger partial charge in [-0.05, 0) is 49.2 Å². The Morgan fingerprint density at radius 2 is 1.67 bits per heavy atom. The molecule has 27 heavy (non-hydrogen) atoms. The predicted molar refractivity (Wildman–Crippen MR) is 105 cm³/mol. The van der Waals surface area contributed by atoms with E-state index >= 15 is 0 Å². The fraction of sp³-hybridized carbons (Fsp3) is 0.333. The van der Waals surface area contributed by atoms with Crippen LogP contribution in [0.1, 0.15) is 37.0 Å². The molecule has 6 nitrogen and oxygen atoms in total. The second-order valence-corrected chi connectivity index (χ2v) is 5.98. The Kier molecular flexibility index (Phi) is 7.67. The standard InChI is InChI=1S/C21H26N2O4/c1-4-14-22-20(24)17-8-6-7-9-18(17)23-21(25)19(5-2)27-16-12-10-15(26-3)11-13-16/h6-13,19H,4-5,14H2,1-3H3,(H,22,24)(H,23,25)/t19-/m0/s1. The third-order valence-electron chi connectivity index (χ3n) is 3.97. The van der Waals surface area contributed by atoms with Crippen molar-refractivity contribution >= 4 is 17.5 Å². The Balaban J connectivity index is 2.08. The number of nitrogens with one attached hydrogen (secondary N) is 2. The smallest absolute Gasteiger partial charge is 0.265 e. The summed E-state index contributed by atoms with van der Waals surface area (Å²) < 4.78 is 10.9. The number of hydrogen-bond donors (Lipinski definition) is 2. The lowest BCUT2D eigenvalue weighted by atomic mass is 10.1. The van der Waals surface area contributed by atoms with E-state index in [9.17, 15) is 9.59 Å². The van der Waals surface area contributed by atoms with Crippen LogP contribution >= 0.6 is 0 Å². The van der Waals surface area contributed by atoms with E-state index in [2.05, 4.69) is 10.6 Å². The van der Waals surface area contributed by atoms with Gasteiger partial charge in [-0.1, -0.05) is 26.0 Å². The molecule has 0 fully saturated rings. The van der Waals surface area contributed by atoms with E-state index in [1.165, 1.54) is 0 Å². The first-order valence-electron chi connectivity index (χ1n) is 9.07. The van der Waals surface area contributed by atoms with Crippen LogP contribution in [-0.2, 0) is 4.79 Å². The van der Waals surface area contributed by atoms with Crippen molar-refractivity contribution in [1.82, 2.24) is 5.32 Å². The first-order valence-corrected chi connectivity index (χ1v) is 9.07. The predicted octanol–water partition coefficient (Wildman–Crippen LogP) is 3.63. The van der Waals surface area contributed by atoms with Crippen LogP contribution in [0, 0.1) is 0 Å². The highest BCUT2D eigenvalue weighted by molar-refractivity contribution is 6.04. The van der Waals surface area contributed by atoms with E-state index in [1.807, 2.05) is 13.8 Å². The minimum absolute atomic E-state index is 0.211. The number of methoxy groups -OCH3 is 1. The highest BCUT2D eigenvalue weighted by atomic mass is 16.5. The van der Waals surface area contributed by atoms with Gasteiger partial charge in [-0.25, -0.2) is 0 Å². The van der Waals surface area contributed by atoms with Gasteiger partial charge < -0.3 is 20.1 Å². The van der Waals surface area contributed by atoms with Gasteiger partial charge in [0.2, 0.25) is 0 Å². The van der Waals surface area contributed by atoms with Crippen molar-refractivity contribution in [3.05, 3.63) is 54.1 Å². The molecule has 0 unspecified atom stereocenters. The van der Waals surface area contributed by atoms with E-state index in [0.717, 1.165) is 6.42 Å². The Morgan fingerprint density at radius 1 is 1.00 bits per heavy atom. The maximum Gasteiger partial charge on any atom is 0.265 e. The number of ether oxygens (including phenoxy) is 2. The molecule has 2 rings (SSSR count). The number of para-hydroxylation sites is 1. The average molecular weight is 370 g/mol. The lowest BCUT2D eigenvalue weighted by Crippen LogP contribution is -2.33. The van der Waals surface area contributed by atoms with Crippen molar-refractivity contribution < 1.29 is 19.1 Å². The minimum atomic E-state index is -0.676. The van der Waals surface area contributed by atoms with Gasteiger partial charge in [-0.3, -0.25) is 9.59 Å². The fourth-order valence-electron chi connectivity index (χ4n) is 2.48. The van der Waals surface area contributed by atoms with Crippen LogP contribution in [0.15, 0.2) is 48.5 Å². The van der Waals surface area contributed by atoms with Crippen molar-refractivity contribution in [3.8, 4) is 11.5 Å². The number of carbonyl (C=O) groups is 2. The van der Waals surface area contributed by atoms with Crippen LogP contribution in [0.3, 0.4) is 0 Å². The number of carbonyl (C=O) groups excluding carboxylic acids is 2. The number of anilines is 1. The van der Waals surface area contributed by atoms with Crippen LogP contribution in [0.5, 0.6) is 11.5 Å². The zero-order chi connectivity index (χ0) is 19.6. The number of rotatable bonds is 9. The van der Waals surface area contributed by atoms with Crippen LogP contribution < -0.4 is 20.1 Å². The van der Waals surface area contributed by atoms with Crippen LogP contribution in [0.25, 0.3) is 0 Å². The fourth-order valence-corrected chi connectivity index (χ4v) is 2.48. The Hall–Kier alpha value is -3.02. The Labute approximate surface area is 159 Å². The zero-order valence-electron chi connectivity index (χ0n) is 16.0. The van der Waals surface area contributed by atoms with E-state index in [0.29, 0.717) is 35.7 Å². The van der Waals surface area contributed by atoms with Gasteiger partial charge >= 0.3 is 0 Å². The summed E-state index contributed by atoms with van der Waals surface area (Å²) >= 11 is 0. The second kappa shape index (κ2) is 10.2. The third-order valence-corrected chi connectivity index (χ3v) is 3.97. The third kappa shape index (κ3) is 5.74. The molecule has 0 aliphatic rings. The molecule has 144 valence electrons. The summed E-state index contributed by atoms with van der Waals surface area (Å²) in [6, 6.07) is 14.0. The molecule has 0 aromatic heterocycles. The zero-order valence-corrected chi connectivity index (χ0v) is 16.0. The van der Waals surface area contributed by atoms with Gasteiger partial charge in [0.15, 0.2) is 6.10 Å². The minimum Gasteiger partial charge on any atom is -0.497 e. The molecular weight excluding hydrogens is 344 g/mol. The molecule has 2 amide bonds. The van der Waals surface area contributed by atoms with Gasteiger partial charge in [0, 0.05) is 6.54 Å². The van der Waals surface area contributed by atoms with Crippen molar-refractivity contribution in [1.29, 1.82) is 0 Å². The van der Waals surface area contributed by atoms with Crippen LogP contribution in [0.2, 0.25) is 0 Å². The highest BCUT2D eigenvalue weighted by Crippen LogP contribution is 2.20. The molecule has 2 aromatic rings. The largest absolute Gasteiger partial charge is 0.497 e.